The van der Waals surface area contributed by atoms with Crippen LogP contribution in [-0.4, -0.2) is 4.98 Å². The van der Waals surface area contributed by atoms with E-state index < -0.39 is 0 Å². The molecular formula is C46H53N. The lowest BCUT2D eigenvalue weighted by atomic mass is 9.70. The van der Waals surface area contributed by atoms with Crippen LogP contribution in [0, 0.1) is 0 Å². The van der Waals surface area contributed by atoms with E-state index in [9.17, 15) is 0 Å². The van der Waals surface area contributed by atoms with Crippen molar-refractivity contribution >= 4 is 0 Å². The fraction of sp³-hybridized carbons (Fsp3) is 0.370. The number of pyridine rings is 1. The van der Waals surface area contributed by atoms with E-state index in [0.29, 0.717) is 0 Å². The first kappa shape index (κ1) is 33.0. The van der Waals surface area contributed by atoms with Crippen molar-refractivity contribution in [1.82, 2.24) is 4.98 Å². The summed E-state index contributed by atoms with van der Waals surface area (Å²) in [4.78, 5) is 4.94. The fourth-order valence-corrected chi connectivity index (χ4v) is 7.96. The Bertz CT molecular complexity index is 1700. The molecule has 0 atom stereocenters. The van der Waals surface area contributed by atoms with Crippen LogP contribution >= 0.6 is 0 Å². The monoisotopic (exact) mass is 619 g/mol. The van der Waals surface area contributed by atoms with Gasteiger partial charge in [-0.25, -0.2) is 0 Å². The summed E-state index contributed by atoms with van der Waals surface area (Å²) >= 11 is 0. The van der Waals surface area contributed by atoms with Gasteiger partial charge < -0.3 is 0 Å². The predicted molar refractivity (Wildman–Crippen MR) is 202 cm³/mol. The van der Waals surface area contributed by atoms with Crippen molar-refractivity contribution < 1.29 is 0 Å². The predicted octanol–water partition coefficient (Wildman–Crippen LogP) is 13.2. The van der Waals surface area contributed by atoms with Gasteiger partial charge in [-0.1, -0.05) is 156 Å². The summed E-state index contributed by atoms with van der Waals surface area (Å²) in [6, 6.07) is 41.0. The maximum absolute atomic E-state index is 4.94. The van der Waals surface area contributed by atoms with Crippen LogP contribution in [0.1, 0.15) is 113 Å². The van der Waals surface area contributed by atoms with Gasteiger partial charge in [0.2, 0.25) is 0 Å². The Hall–Kier alpha value is -3.97. The molecule has 0 fully saturated rings. The Labute approximate surface area is 284 Å². The van der Waals surface area contributed by atoms with E-state index in [0.717, 1.165) is 18.5 Å². The van der Waals surface area contributed by atoms with Crippen LogP contribution in [-0.2, 0) is 18.3 Å². The number of aryl methyl sites for hydroxylation is 2. The average molecular weight is 620 g/mol. The number of unbranched alkanes of at least 4 members (excludes halogenated alkanes) is 7. The van der Waals surface area contributed by atoms with Gasteiger partial charge in [0.05, 0.1) is 5.69 Å². The minimum atomic E-state index is 0.0931. The first-order valence-corrected chi connectivity index (χ1v) is 18.6. The van der Waals surface area contributed by atoms with Gasteiger partial charge in [0.1, 0.15) is 0 Å². The highest BCUT2D eigenvalue weighted by molar-refractivity contribution is 5.84. The number of fused-ring (bicyclic) bond motifs is 3. The molecule has 1 heterocycles. The molecule has 1 heteroatoms. The highest BCUT2D eigenvalue weighted by atomic mass is 14.7. The lowest BCUT2D eigenvalue weighted by molar-refractivity contribution is 0.401. The number of hydrogen-bond donors (Lipinski definition) is 0. The van der Waals surface area contributed by atoms with Gasteiger partial charge in [0.15, 0.2) is 0 Å². The smallest absolute Gasteiger partial charge is 0.0708 e. The highest BCUT2D eigenvalue weighted by Gasteiger charge is 2.42. The second-order valence-electron chi connectivity index (χ2n) is 13.8. The zero-order chi connectivity index (χ0) is 32.3. The van der Waals surface area contributed by atoms with E-state index in [1.54, 1.807) is 5.56 Å². The highest BCUT2D eigenvalue weighted by Crippen LogP contribution is 2.55. The minimum Gasteiger partial charge on any atom is -0.256 e. The third-order valence-electron chi connectivity index (χ3n) is 10.5. The van der Waals surface area contributed by atoms with Crippen molar-refractivity contribution in [2.24, 2.45) is 0 Å². The summed E-state index contributed by atoms with van der Waals surface area (Å²) in [6.45, 7) is 4.63. The van der Waals surface area contributed by atoms with Crippen molar-refractivity contribution in [2.45, 2.75) is 109 Å². The second kappa shape index (κ2) is 16.2. The molecule has 4 aromatic carbocycles. The number of hydrogen-bond acceptors (Lipinski definition) is 1. The van der Waals surface area contributed by atoms with Gasteiger partial charge >= 0.3 is 0 Å². The zero-order valence-electron chi connectivity index (χ0n) is 28.8. The molecule has 1 nitrogen and oxygen atoms in total. The molecule has 0 N–H and O–H groups in total. The summed E-state index contributed by atoms with van der Waals surface area (Å²) in [5, 5.41) is 0. The van der Waals surface area contributed by atoms with E-state index in [1.165, 1.54) is 122 Å². The molecule has 5 aromatic rings. The molecule has 0 amide bonds. The maximum Gasteiger partial charge on any atom is 0.0708 e. The largest absolute Gasteiger partial charge is 0.256 e. The molecular weight excluding hydrogens is 567 g/mol. The van der Waals surface area contributed by atoms with E-state index >= 15 is 0 Å². The van der Waals surface area contributed by atoms with Crippen LogP contribution in [0.2, 0.25) is 0 Å². The zero-order valence-corrected chi connectivity index (χ0v) is 28.8. The quantitative estimate of drug-likeness (QED) is 0.0944. The normalized spacial score (nSPS) is 13.0. The molecule has 0 radical (unpaired) electrons. The first-order valence-electron chi connectivity index (χ1n) is 18.6. The Morgan fingerprint density at radius 1 is 0.468 bits per heavy atom. The van der Waals surface area contributed by atoms with Gasteiger partial charge in [-0.2, -0.15) is 0 Å². The van der Waals surface area contributed by atoms with Crippen molar-refractivity contribution in [3.63, 3.8) is 0 Å². The summed E-state index contributed by atoms with van der Waals surface area (Å²) in [5.74, 6) is 0. The van der Waals surface area contributed by atoms with E-state index in [2.05, 4.69) is 123 Å². The van der Waals surface area contributed by atoms with Crippen LogP contribution in [0.25, 0.3) is 33.5 Å². The molecule has 0 saturated carbocycles. The van der Waals surface area contributed by atoms with E-state index in [4.69, 9.17) is 4.98 Å². The first-order chi connectivity index (χ1) is 23.2. The van der Waals surface area contributed by atoms with Crippen LogP contribution in [0.5, 0.6) is 0 Å². The van der Waals surface area contributed by atoms with Gasteiger partial charge in [-0.05, 0) is 101 Å². The molecule has 47 heavy (non-hydrogen) atoms. The summed E-state index contributed by atoms with van der Waals surface area (Å²) in [5.41, 5.74) is 13.8. The van der Waals surface area contributed by atoms with Crippen molar-refractivity contribution in [2.75, 3.05) is 0 Å². The van der Waals surface area contributed by atoms with Crippen molar-refractivity contribution in [3.8, 4) is 33.5 Å². The number of rotatable bonds is 17. The molecule has 0 saturated heterocycles. The Kier molecular flexibility index (Phi) is 11.4. The Morgan fingerprint density at radius 2 is 1.13 bits per heavy atom. The summed E-state index contributed by atoms with van der Waals surface area (Å²) in [6.07, 6.45) is 19.6. The molecule has 0 aliphatic heterocycles. The van der Waals surface area contributed by atoms with Gasteiger partial charge in [-0.15, -0.1) is 0 Å². The third kappa shape index (κ3) is 7.78. The second-order valence-corrected chi connectivity index (χ2v) is 13.8. The third-order valence-corrected chi connectivity index (χ3v) is 10.5. The summed E-state index contributed by atoms with van der Waals surface area (Å²) in [7, 11) is 0. The molecule has 6 rings (SSSR count). The van der Waals surface area contributed by atoms with Crippen LogP contribution < -0.4 is 0 Å². The van der Waals surface area contributed by atoms with Crippen LogP contribution in [0.4, 0.5) is 0 Å². The molecule has 1 aliphatic rings. The number of benzene rings is 4. The molecule has 0 bridgehead atoms. The van der Waals surface area contributed by atoms with E-state index in [-0.39, 0.29) is 5.41 Å². The lowest BCUT2D eigenvalue weighted by Gasteiger charge is -2.33. The van der Waals surface area contributed by atoms with Gasteiger partial charge in [-0.3, -0.25) is 4.98 Å². The Morgan fingerprint density at radius 3 is 1.89 bits per heavy atom. The molecule has 1 aromatic heterocycles. The SMILES string of the molecule is CCCCCCC1(CCCCCC)c2ccccc2-c2ccc(-c3cc(-c4cccc(CCCCc5ccccc5)c4)ccn3)cc21. The Balaban J connectivity index is 1.26. The number of nitrogens with zero attached hydrogens (tertiary/aromatic N) is 1. The van der Waals surface area contributed by atoms with Crippen molar-refractivity contribution in [1.29, 1.82) is 0 Å². The molecule has 242 valence electrons. The van der Waals surface area contributed by atoms with Crippen molar-refractivity contribution in [3.05, 3.63) is 138 Å². The lowest BCUT2D eigenvalue weighted by Crippen LogP contribution is -2.25. The molecule has 0 unspecified atom stereocenters. The average Bonchev–Trinajstić information content (AvgIpc) is 3.40. The van der Waals surface area contributed by atoms with E-state index in [1.807, 2.05) is 6.20 Å². The minimum absolute atomic E-state index is 0.0931. The topological polar surface area (TPSA) is 12.9 Å². The van der Waals surface area contributed by atoms with Gasteiger partial charge in [0.25, 0.3) is 0 Å². The van der Waals surface area contributed by atoms with Crippen LogP contribution in [0.3, 0.4) is 0 Å². The number of aromatic nitrogens is 1. The molecule has 1 aliphatic carbocycles. The summed E-state index contributed by atoms with van der Waals surface area (Å²) < 4.78 is 0. The fourth-order valence-electron chi connectivity index (χ4n) is 7.96. The standard InChI is InChI=1S/C46H53N/c1-3-5-7-16-30-46(31-17-8-6-4-2)43-26-15-14-25-41(43)42-28-27-40(34-44(42)46)45-35-39(29-32-47-45)38-24-18-23-37(33-38)22-13-12-21-36-19-10-9-11-20-36/h9-11,14-15,18-20,23-29,32-35H,3-8,12-13,16-17,21-22,30-31H2,1-2H3. The molecule has 0 spiro atoms. The van der Waals surface area contributed by atoms with Gasteiger partial charge in [0, 0.05) is 17.2 Å². The maximum atomic E-state index is 4.94. The van der Waals surface area contributed by atoms with Crippen LogP contribution in [0.15, 0.2) is 115 Å².